The molecule has 0 N–H and O–H groups in total. The zero-order valence-electron chi connectivity index (χ0n) is 15.3. The SMILES string of the molecule is Cc1cccnc1-c1cc(-c2ccccc2C#N)c(=O)n(-c2ccccc2)c1. The first-order valence-corrected chi connectivity index (χ1v) is 8.92. The quantitative estimate of drug-likeness (QED) is 0.528. The van der Waals surface area contributed by atoms with Crippen molar-refractivity contribution in [2.75, 3.05) is 0 Å². The molecule has 0 spiro atoms. The number of rotatable bonds is 3. The van der Waals surface area contributed by atoms with Crippen LogP contribution in [0.2, 0.25) is 0 Å². The summed E-state index contributed by atoms with van der Waals surface area (Å²) >= 11 is 0. The Labute approximate surface area is 163 Å². The molecular weight excluding hydrogens is 346 g/mol. The summed E-state index contributed by atoms with van der Waals surface area (Å²) in [6.07, 6.45) is 3.55. The molecule has 134 valence electrons. The second-order valence-electron chi connectivity index (χ2n) is 6.48. The predicted molar refractivity (Wildman–Crippen MR) is 110 cm³/mol. The average Bonchev–Trinajstić information content (AvgIpc) is 2.75. The number of nitrogens with zero attached hydrogens (tertiary/aromatic N) is 3. The minimum absolute atomic E-state index is 0.175. The molecule has 0 saturated heterocycles. The molecule has 0 amide bonds. The maximum Gasteiger partial charge on any atom is 0.263 e. The molecule has 2 aromatic heterocycles. The van der Waals surface area contributed by atoms with Crippen molar-refractivity contribution in [2.45, 2.75) is 6.92 Å². The summed E-state index contributed by atoms with van der Waals surface area (Å²) in [5.74, 6) is 0. The highest BCUT2D eigenvalue weighted by atomic mass is 16.1. The lowest BCUT2D eigenvalue weighted by atomic mass is 9.98. The number of benzene rings is 2. The second kappa shape index (κ2) is 7.34. The maximum atomic E-state index is 13.3. The van der Waals surface area contributed by atoms with E-state index in [0.717, 1.165) is 22.5 Å². The van der Waals surface area contributed by atoms with Crippen LogP contribution < -0.4 is 5.56 Å². The first-order valence-electron chi connectivity index (χ1n) is 8.92. The summed E-state index contributed by atoms with van der Waals surface area (Å²) in [4.78, 5) is 17.8. The molecule has 4 aromatic rings. The van der Waals surface area contributed by atoms with E-state index in [2.05, 4.69) is 11.1 Å². The molecule has 2 heterocycles. The van der Waals surface area contributed by atoms with Gasteiger partial charge in [0.2, 0.25) is 0 Å². The van der Waals surface area contributed by atoms with Gasteiger partial charge in [-0.25, -0.2) is 0 Å². The third kappa shape index (κ3) is 3.10. The molecule has 0 fully saturated rings. The molecule has 0 unspecified atom stereocenters. The van der Waals surface area contributed by atoms with Gasteiger partial charge in [-0.3, -0.25) is 14.3 Å². The van der Waals surface area contributed by atoms with Crippen LogP contribution in [0.3, 0.4) is 0 Å². The van der Waals surface area contributed by atoms with E-state index in [1.54, 1.807) is 29.0 Å². The van der Waals surface area contributed by atoms with Crippen molar-refractivity contribution in [2.24, 2.45) is 0 Å². The molecule has 4 rings (SSSR count). The topological polar surface area (TPSA) is 58.7 Å². The van der Waals surface area contributed by atoms with Crippen LogP contribution in [0.1, 0.15) is 11.1 Å². The molecule has 2 aromatic carbocycles. The normalized spacial score (nSPS) is 10.4. The van der Waals surface area contributed by atoms with Crippen molar-refractivity contribution < 1.29 is 0 Å². The van der Waals surface area contributed by atoms with E-state index in [1.807, 2.05) is 67.7 Å². The Morgan fingerprint density at radius 1 is 0.929 bits per heavy atom. The van der Waals surface area contributed by atoms with Gasteiger partial charge in [0.25, 0.3) is 5.56 Å². The number of hydrogen-bond acceptors (Lipinski definition) is 3. The Hall–Kier alpha value is -3.97. The molecular formula is C24H17N3O. The van der Waals surface area contributed by atoms with E-state index in [9.17, 15) is 10.1 Å². The van der Waals surface area contributed by atoms with Crippen molar-refractivity contribution in [1.82, 2.24) is 9.55 Å². The largest absolute Gasteiger partial charge is 0.283 e. The van der Waals surface area contributed by atoms with Crippen LogP contribution in [0.5, 0.6) is 0 Å². The molecule has 0 aliphatic heterocycles. The van der Waals surface area contributed by atoms with Crippen LogP contribution in [0, 0.1) is 18.3 Å². The van der Waals surface area contributed by atoms with Gasteiger partial charge in [0.1, 0.15) is 0 Å². The molecule has 0 aliphatic carbocycles. The second-order valence-corrected chi connectivity index (χ2v) is 6.48. The van der Waals surface area contributed by atoms with Gasteiger partial charge >= 0.3 is 0 Å². The first kappa shape index (κ1) is 17.4. The van der Waals surface area contributed by atoms with Gasteiger partial charge in [0, 0.05) is 34.8 Å². The maximum absolute atomic E-state index is 13.3. The molecule has 28 heavy (non-hydrogen) atoms. The van der Waals surface area contributed by atoms with Crippen molar-refractivity contribution in [3.05, 3.63) is 107 Å². The standard InChI is InChI=1S/C24H17N3O/c1-17-8-7-13-26-23(17)19-14-22(21-12-6-5-9-18(21)15-25)24(28)27(16-19)20-10-3-2-4-11-20/h2-14,16H,1H3. The van der Waals surface area contributed by atoms with Gasteiger partial charge in [-0.05, 0) is 42.8 Å². The van der Waals surface area contributed by atoms with Crippen LogP contribution in [0.25, 0.3) is 28.1 Å². The third-order valence-corrected chi connectivity index (χ3v) is 4.67. The molecule has 0 saturated carbocycles. The van der Waals surface area contributed by atoms with Gasteiger partial charge in [-0.1, -0.05) is 42.5 Å². The molecule has 0 radical (unpaired) electrons. The van der Waals surface area contributed by atoms with E-state index < -0.39 is 0 Å². The van der Waals surface area contributed by atoms with Gasteiger partial charge in [-0.2, -0.15) is 5.26 Å². The Balaban J connectivity index is 2.07. The van der Waals surface area contributed by atoms with Gasteiger partial charge in [0.15, 0.2) is 0 Å². The highest BCUT2D eigenvalue weighted by molar-refractivity contribution is 5.75. The Morgan fingerprint density at radius 3 is 2.43 bits per heavy atom. The molecule has 0 aliphatic rings. The summed E-state index contributed by atoms with van der Waals surface area (Å²) in [7, 11) is 0. The lowest BCUT2D eigenvalue weighted by Gasteiger charge is -2.14. The number of nitriles is 1. The van der Waals surface area contributed by atoms with E-state index in [1.165, 1.54) is 0 Å². The summed E-state index contributed by atoms with van der Waals surface area (Å²) in [5, 5.41) is 9.52. The number of aromatic nitrogens is 2. The number of pyridine rings is 2. The van der Waals surface area contributed by atoms with Crippen LogP contribution in [-0.2, 0) is 0 Å². The van der Waals surface area contributed by atoms with E-state index >= 15 is 0 Å². The molecule has 0 bridgehead atoms. The molecule has 0 atom stereocenters. The Bertz CT molecular complexity index is 1250. The highest BCUT2D eigenvalue weighted by Crippen LogP contribution is 2.27. The predicted octanol–water partition coefficient (Wildman–Crippen LogP) is 4.75. The summed E-state index contributed by atoms with van der Waals surface area (Å²) < 4.78 is 1.62. The van der Waals surface area contributed by atoms with E-state index in [4.69, 9.17) is 0 Å². The zero-order chi connectivity index (χ0) is 19.5. The van der Waals surface area contributed by atoms with Crippen molar-refractivity contribution >= 4 is 0 Å². The minimum Gasteiger partial charge on any atom is -0.283 e. The third-order valence-electron chi connectivity index (χ3n) is 4.67. The van der Waals surface area contributed by atoms with Crippen molar-refractivity contribution in [3.8, 4) is 34.1 Å². The fourth-order valence-electron chi connectivity index (χ4n) is 3.29. The average molecular weight is 363 g/mol. The lowest BCUT2D eigenvalue weighted by Crippen LogP contribution is -2.20. The van der Waals surface area contributed by atoms with Gasteiger partial charge in [0.05, 0.1) is 17.3 Å². The van der Waals surface area contributed by atoms with Crippen molar-refractivity contribution in [3.63, 3.8) is 0 Å². The zero-order valence-corrected chi connectivity index (χ0v) is 15.3. The van der Waals surface area contributed by atoms with Crippen LogP contribution in [-0.4, -0.2) is 9.55 Å². The number of para-hydroxylation sites is 1. The summed E-state index contributed by atoms with van der Waals surface area (Å²) in [5.41, 5.74) is 4.80. The monoisotopic (exact) mass is 363 g/mol. The Morgan fingerprint density at radius 2 is 1.68 bits per heavy atom. The molecule has 4 heteroatoms. The minimum atomic E-state index is -0.175. The number of hydrogen-bond donors (Lipinski definition) is 0. The van der Waals surface area contributed by atoms with Crippen molar-refractivity contribution in [1.29, 1.82) is 5.26 Å². The van der Waals surface area contributed by atoms with Gasteiger partial charge < -0.3 is 0 Å². The smallest absolute Gasteiger partial charge is 0.263 e. The highest BCUT2D eigenvalue weighted by Gasteiger charge is 2.15. The van der Waals surface area contributed by atoms with Crippen LogP contribution in [0.15, 0.2) is 90.0 Å². The van der Waals surface area contributed by atoms with Crippen LogP contribution in [0.4, 0.5) is 0 Å². The Kier molecular flexibility index (Phi) is 4.57. The van der Waals surface area contributed by atoms with E-state index in [-0.39, 0.29) is 5.56 Å². The fraction of sp³-hybridized carbons (Fsp3) is 0.0417. The summed E-state index contributed by atoms with van der Waals surface area (Å²) in [6.45, 7) is 1.99. The van der Waals surface area contributed by atoms with Crippen LogP contribution >= 0.6 is 0 Å². The fourth-order valence-corrected chi connectivity index (χ4v) is 3.29. The van der Waals surface area contributed by atoms with Gasteiger partial charge in [-0.15, -0.1) is 0 Å². The summed E-state index contributed by atoms with van der Waals surface area (Å²) in [6, 6.07) is 24.5. The first-order chi connectivity index (χ1) is 13.7. The molecule has 4 nitrogen and oxygen atoms in total. The van der Waals surface area contributed by atoms with E-state index in [0.29, 0.717) is 16.7 Å². The lowest BCUT2D eigenvalue weighted by molar-refractivity contribution is 0.992. The number of aryl methyl sites for hydroxylation is 1.